The summed E-state index contributed by atoms with van der Waals surface area (Å²) in [5, 5.41) is 11.5. The van der Waals surface area contributed by atoms with E-state index in [0.717, 1.165) is 4.47 Å². The van der Waals surface area contributed by atoms with Gasteiger partial charge in [-0.15, -0.1) is 0 Å². The summed E-state index contributed by atoms with van der Waals surface area (Å²) >= 11 is 6.64. The Kier molecular flexibility index (Phi) is 7.17. The predicted molar refractivity (Wildman–Crippen MR) is 86.4 cm³/mol. The molecule has 0 saturated carbocycles. The Hall–Kier alpha value is -1.08. The van der Waals surface area contributed by atoms with E-state index in [9.17, 15) is 9.59 Å². The number of rotatable bonds is 7. The Morgan fingerprint density at radius 1 is 1.33 bits per heavy atom. The number of carbonyl (C=O) groups is 2. The van der Waals surface area contributed by atoms with Gasteiger partial charge >= 0.3 is 5.97 Å². The third-order valence-corrected chi connectivity index (χ3v) is 3.71. The van der Waals surface area contributed by atoms with E-state index in [0.29, 0.717) is 16.6 Å². The minimum atomic E-state index is -1.04. The maximum atomic E-state index is 11.8. The Balaban J connectivity index is 2.54. The third kappa shape index (κ3) is 6.48. The van der Waals surface area contributed by atoms with Crippen LogP contribution in [0.25, 0.3) is 0 Å². The Labute approximate surface area is 140 Å². The molecule has 5 nitrogen and oxygen atoms in total. The van der Waals surface area contributed by atoms with E-state index in [1.165, 1.54) is 0 Å². The maximum Gasteiger partial charge on any atom is 0.326 e. The molecule has 1 aromatic rings. The molecule has 2 N–H and O–H groups in total. The number of ether oxygens (including phenoxy) is 1. The van der Waals surface area contributed by atoms with Crippen molar-refractivity contribution in [2.75, 3.05) is 6.61 Å². The number of carboxylic acid groups (broad SMARTS) is 1. The average molecular weight is 423 g/mol. The summed E-state index contributed by atoms with van der Waals surface area (Å²) in [6, 6.07) is 4.40. The fraction of sp³-hybridized carbons (Fsp3) is 0.429. The zero-order valence-electron chi connectivity index (χ0n) is 11.7. The van der Waals surface area contributed by atoms with Gasteiger partial charge < -0.3 is 15.2 Å². The smallest absolute Gasteiger partial charge is 0.326 e. The molecule has 0 aromatic heterocycles. The SMILES string of the molecule is CC(C)C[C@H](NC(=O)COc1ccc(Br)cc1Br)C(=O)O. The zero-order chi connectivity index (χ0) is 16.0. The van der Waals surface area contributed by atoms with Crippen LogP contribution in [0.4, 0.5) is 0 Å². The number of aliphatic carboxylic acids is 1. The first kappa shape index (κ1) is 18.0. The molecule has 0 aliphatic heterocycles. The molecule has 0 heterocycles. The largest absolute Gasteiger partial charge is 0.483 e. The van der Waals surface area contributed by atoms with Crippen molar-refractivity contribution in [3.63, 3.8) is 0 Å². The molecule has 0 bridgehead atoms. The summed E-state index contributed by atoms with van der Waals surface area (Å²) in [6.45, 7) is 3.57. The van der Waals surface area contributed by atoms with E-state index in [-0.39, 0.29) is 12.5 Å². The molecule has 116 valence electrons. The van der Waals surface area contributed by atoms with Crippen molar-refractivity contribution in [2.45, 2.75) is 26.3 Å². The molecule has 0 unspecified atom stereocenters. The van der Waals surface area contributed by atoms with E-state index in [1.807, 2.05) is 13.8 Å². The molecule has 0 saturated heterocycles. The molecule has 1 amide bonds. The van der Waals surface area contributed by atoms with E-state index in [1.54, 1.807) is 18.2 Å². The van der Waals surface area contributed by atoms with Gasteiger partial charge in [-0.2, -0.15) is 0 Å². The van der Waals surface area contributed by atoms with Gasteiger partial charge in [0.1, 0.15) is 11.8 Å². The van der Waals surface area contributed by atoms with Crippen molar-refractivity contribution < 1.29 is 19.4 Å². The predicted octanol–water partition coefficient (Wildman–Crippen LogP) is 3.21. The van der Waals surface area contributed by atoms with Crippen LogP contribution in [0.15, 0.2) is 27.1 Å². The van der Waals surface area contributed by atoms with Gasteiger partial charge in [-0.3, -0.25) is 4.79 Å². The Morgan fingerprint density at radius 3 is 2.52 bits per heavy atom. The molecule has 0 radical (unpaired) electrons. The van der Waals surface area contributed by atoms with Gasteiger partial charge in [-0.05, 0) is 46.5 Å². The lowest BCUT2D eigenvalue weighted by molar-refractivity contribution is -0.142. The number of hydrogen-bond donors (Lipinski definition) is 2. The van der Waals surface area contributed by atoms with Gasteiger partial charge in [0.2, 0.25) is 0 Å². The van der Waals surface area contributed by atoms with Gasteiger partial charge in [0.15, 0.2) is 6.61 Å². The summed E-state index contributed by atoms with van der Waals surface area (Å²) in [5.74, 6) is -0.809. The monoisotopic (exact) mass is 421 g/mol. The van der Waals surface area contributed by atoms with Crippen molar-refractivity contribution in [1.82, 2.24) is 5.32 Å². The van der Waals surface area contributed by atoms with Crippen LogP contribution in [0.3, 0.4) is 0 Å². The second-order valence-electron chi connectivity index (χ2n) is 4.95. The topological polar surface area (TPSA) is 75.6 Å². The van der Waals surface area contributed by atoms with Crippen LogP contribution in [0.1, 0.15) is 20.3 Å². The Morgan fingerprint density at radius 2 is 2.00 bits per heavy atom. The van der Waals surface area contributed by atoms with Crippen LogP contribution in [-0.4, -0.2) is 29.6 Å². The highest BCUT2D eigenvalue weighted by molar-refractivity contribution is 9.11. The lowest BCUT2D eigenvalue weighted by Gasteiger charge is -2.16. The molecule has 1 atom stereocenters. The second kappa shape index (κ2) is 8.38. The van der Waals surface area contributed by atoms with Crippen molar-refractivity contribution in [3.05, 3.63) is 27.1 Å². The highest BCUT2D eigenvalue weighted by atomic mass is 79.9. The number of carboxylic acids is 1. The molecule has 0 spiro atoms. The minimum absolute atomic E-state index is 0.174. The quantitative estimate of drug-likeness (QED) is 0.707. The molecule has 1 rings (SSSR count). The number of hydrogen-bond acceptors (Lipinski definition) is 3. The summed E-state index contributed by atoms with van der Waals surface area (Å²) in [4.78, 5) is 22.8. The van der Waals surface area contributed by atoms with E-state index >= 15 is 0 Å². The molecular weight excluding hydrogens is 406 g/mol. The molecular formula is C14H17Br2NO4. The fourth-order valence-corrected chi connectivity index (χ4v) is 2.83. The van der Waals surface area contributed by atoms with Gasteiger partial charge in [-0.1, -0.05) is 29.8 Å². The third-order valence-electron chi connectivity index (χ3n) is 2.59. The molecule has 0 aliphatic carbocycles. The van der Waals surface area contributed by atoms with Crippen molar-refractivity contribution >= 4 is 43.7 Å². The Bertz CT molecular complexity index is 520. The minimum Gasteiger partial charge on any atom is -0.483 e. The van der Waals surface area contributed by atoms with E-state index in [4.69, 9.17) is 9.84 Å². The summed E-state index contributed by atoms with van der Waals surface area (Å²) in [6.07, 6.45) is 0.378. The van der Waals surface area contributed by atoms with Crippen LogP contribution in [0.5, 0.6) is 5.75 Å². The van der Waals surface area contributed by atoms with E-state index < -0.39 is 17.9 Å². The average Bonchev–Trinajstić information content (AvgIpc) is 2.36. The second-order valence-corrected chi connectivity index (χ2v) is 6.72. The molecule has 0 aliphatic rings. The first-order valence-electron chi connectivity index (χ1n) is 6.39. The van der Waals surface area contributed by atoms with Crippen LogP contribution in [0, 0.1) is 5.92 Å². The van der Waals surface area contributed by atoms with Gasteiger partial charge in [0.05, 0.1) is 4.47 Å². The number of carbonyl (C=O) groups excluding carboxylic acids is 1. The van der Waals surface area contributed by atoms with Crippen LogP contribution in [0.2, 0.25) is 0 Å². The number of halogens is 2. The van der Waals surface area contributed by atoms with Crippen LogP contribution < -0.4 is 10.1 Å². The normalized spacial score (nSPS) is 12.0. The number of nitrogens with one attached hydrogen (secondary N) is 1. The molecule has 21 heavy (non-hydrogen) atoms. The van der Waals surface area contributed by atoms with Crippen LogP contribution >= 0.6 is 31.9 Å². The standard InChI is InChI=1S/C14H17Br2NO4/c1-8(2)5-11(14(19)20)17-13(18)7-21-12-4-3-9(15)6-10(12)16/h3-4,6,8,11H,5,7H2,1-2H3,(H,17,18)(H,19,20)/t11-/m0/s1. The summed E-state index contributed by atoms with van der Waals surface area (Å²) < 4.78 is 6.96. The molecule has 1 aromatic carbocycles. The molecule has 7 heteroatoms. The highest BCUT2D eigenvalue weighted by Gasteiger charge is 2.21. The zero-order valence-corrected chi connectivity index (χ0v) is 14.9. The number of benzene rings is 1. The van der Waals surface area contributed by atoms with Gasteiger partial charge in [0, 0.05) is 4.47 Å². The van der Waals surface area contributed by atoms with Crippen LogP contribution in [-0.2, 0) is 9.59 Å². The molecule has 0 fully saturated rings. The lowest BCUT2D eigenvalue weighted by atomic mass is 10.0. The van der Waals surface area contributed by atoms with Gasteiger partial charge in [0.25, 0.3) is 5.91 Å². The summed E-state index contributed by atoms with van der Waals surface area (Å²) in [7, 11) is 0. The van der Waals surface area contributed by atoms with E-state index in [2.05, 4.69) is 37.2 Å². The van der Waals surface area contributed by atoms with Crippen molar-refractivity contribution in [2.24, 2.45) is 5.92 Å². The maximum absolute atomic E-state index is 11.8. The first-order chi connectivity index (χ1) is 9.79. The fourth-order valence-electron chi connectivity index (χ4n) is 1.66. The number of amides is 1. The highest BCUT2D eigenvalue weighted by Crippen LogP contribution is 2.28. The summed E-state index contributed by atoms with van der Waals surface area (Å²) in [5.41, 5.74) is 0. The van der Waals surface area contributed by atoms with Crippen molar-refractivity contribution in [3.8, 4) is 5.75 Å². The van der Waals surface area contributed by atoms with Crippen molar-refractivity contribution in [1.29, 1.82) is 0 Å². The lowest BCUT2D eigenvalue weighted by Crippen LogP contribution is -2.43. The van der Waals surface area contributed by atoms with Gasteiger partial charge in [-0.25, -0.2) is 4.79 Å². The first-order valence-corrected chi connectivity index (χ1v) is 7.98.